The molecule has 5 heteroatoms. The average Bonchev–Trinajstić information content (AvgIpc) is 2.91. The second-order valence-electron chi connectivity index (χ2n) is 4.75. The number of esters is 1. The Morgan fingerprint density at radius 2 is 2.47 bits per heavy atom. The number of ether oxygens (including phenoxy) is 1. The van der Waals surface area contributed by atoms with Crippen LogP contribution < -0.4 is 4.90 Å². The lowest BCUT2D eigenvalue weighted by Crippen LogP contribution is -2.29. The molecule has 1 saturated carbocycles. The summed E-state index contributed by atoms with van der Waals surface area (Å²) >= 11 is 3.36. The second kappa shape index (κ2) is 3.70. The summed E-state index contributed by atoms with van der Waals surface area (Å²) in [5.74, 6) is 1.30. The van der Waals surface area contributed by atoms with Gasteiger partial charge in [0.2, 0.25) is 0 Å². The first kappa shape index (κ1) is 11.0. The summed E-state index contributed by atoms with van der Waals surface area (Å²) in [5.41, 5.74) is -0.251. The van der Waals surface area contributed by atoms with Gasteiger partial charge in [-0.1, -0.05) is 6.07 Å². The van der Waals surface area contributed by atoms with Gasteiger partial charge < -0.3 is 9.64 Å². The maximum Gasteiger partial charge on any atom is 0.313 e. The third-order valence-corrected chi connectivity index (χ3v) is 4.20. The van der Waals surface area contributed by atoms with Gasteiger partial charge in [-0.2, -0.15) is 0 Å². The van der Waals surface area contributed by atoms with Crippen LogP contribution in [0, 0.1) is 11.3 Å². The molecule has 0 amide bonds. The molecule has 1 saturated heterocycles. The van der Waals surface area contributed by atoms with Crippen molar-refractivity contribution in [1.82, 2.24) is 4.98 Å². The van der Waals surface area contributed by atoms with E-state index in [1.54, 1.807) is 0 Å². The van der Waals surface area contributed by atoms with Gasteiger partial charge in [0.15, 0.2) is 0 Å². The zero-order valence-electron chi connectivity index (χ0n) is 9.52. The van der Waals surface area contributed by atoms with Crippen LogP contribution in [0.3, 0.4) is 0 Å². The molecular formula is C12H13BrN2O2. The molecule has 2 aliphatic rings. The van der Waals surface area contributed by atoms with Gasteiger partial charge in [0.1, 0.15) is 10.4 Å². The fourth-order valence-corrected chi connectivity index (χ4v) is 3.09. The van der Waals surface area contributed by atoms with E-state index in [4.69, 9.17) is 4.74 Å². The molecule has 1 unspecified atom stereocenters. The largest absolute Gasteiger partial charge is 0.469 e. The fraction of sp³-hybridized carbons (Fsp3) is 0.500. The number of piperidine rings is 1. The van der Waals surface area contributed by atoms with Crippen molar-refractivity contribution in [2.45, 2.75) is 6.42 Å². The first-order valence-electron chi connectivity index (χ1n) is 5.62. The Kier molecular flexibility index (Phi) is 2.40. The van der Waals surface area contributed by atoms with E-state index in [0.29, 0.717) is 5.92 Å². The molecule has 1 aromatic rings. The van der Waals surface area contributed by atoms with Crippen LogP contribution >= 0.6 is 15.9 Å². The van der Waals surface area contributed by atoms with Crippen molar-refractivity contribution >= 4 is 27.7 Å². The van der Waals surface area contributed by atoms with E-state index in [0.717, 1.165) is 29.9 Å². The number of nitrogens with zero attached hydrogens (tertiary/aromatic N) is 2. The van der Waals surface area contributed by atoms with E-state index in [1.807, 2.05) is 18.2 Å². The van der Waals surface area contributed by atoms with Crippen LogP contribution in [-0.4, -0.2) is 31.2 Å². The number of carbonyl (C=O) groups excluding carboxylic acids is 1. The molecule has 0 radical (unpaired) electrons. The number of pyridine rings is 1. The SMILES string of the molecule is COC(=O)[C@]12CC1CN(c1cccc(Br)n1)C2. The summed E-state index contributed by atoms with van der Waals surface area (Å²) in [7, 11) is 1.46. The number of fused-ring (bicyclic) bond motifs is 1. The Morgan fingerprint density at radius 1 is 1.65 bits per heavy atom. The first-order valence-corrected chi connectivity index (χ1v) is 6.41. The van der Waals surface area contributed by atoms with Crippen LogP contribution in [0.1, 0.15) is 6.42 Å². The Bertz CT molecular complexity index is 479. The molecular weight excluding hydrogens is 284 g/mol. The normalized spacial score (nSPS) is 30.0. The summed E-state index contributed by atoms with van der Waals surface area (Å²) < 4.78 is 5.71. The number of aromatic nitrogens is 1. The van der Waals surface area contributed by atoms with Gasteiger partial charge in [-0.05, 0) is 40.4 Å². The van der Waals surface area contributed by atoms with Crippen molar-refractivity contribution in [2.75, 3.05) is 25.1 Å². The molecule has 0 spiro atoms. The maximum atomic E-state index is 11.7. The smallest absolute Gasteiger partial charge is 0.313 e. The predicted octanol–water partition coefficient (Wildman–Crippen LogP) is 1.84. The van der Waals surface area contributed by atoms with Crippen molar-refractivity contribution in [3.8, 4) is 0 Å². The number of rotatable bonds is 2. The lowest BCUT2D eigenvalue weighted by Gasteiger charge is -2.21. The Hall–Kier alpha value is -1.10. The number of hydrogen-bond acceptors (Lipinski definition) is 4. The zero-order valence-corrected chi connectivity index (χ0v) is 11.1. The standard InChI is InChI=1S/C12H13BrN2O2/c1-17-11(16)12-5-8(12)6-15(7-12)10-4-2-3-9(13)14-10/h2-4,8H,5-7H2,1H3/t8?,12-/m0/s1. The summed E-state index contributed by atoms with van der Waals surface area (Å²) in [4.78, 5) is 18.3. The van der Waals surface area contributed by atoms with Crippen LogP contribution in [0.15, 0.2) is 22.8 Å². The quantitative estimate of drug-likeness (QED) is 0.617. The van der Waals surface area contributed by atoms with E-state index in [-0.39, 0.29) is 11.4 Å². The molecule has 4 nitrogen and oxygen atoms in total. The second-order valence-corrected chi connectivity index (χ2v) is 5.56. The highest BCUT2D eigenvalue weighted by Gasteiger charge is 2.66. The van der Waals surface area contributed by atoms with E-state index < -0.39 is 0 Å². The molecule has 1 aromatic heterocycles. The van der Waals surface area contributed by atoms with Gasteiger partial charge in [0, 0.05) is 13.1 Å². The van der Waals surface area contributed by atoms with Crippen molar-refractivity contribution in [2.24, 2.45) is 11.3 Å². The monoisotopic (exact) mass is 296 g/mol. The summed E-state index contributed by atoms with van der Waals surface area (Å²) in [6.07, 6.45) is 0.962. The topological polar surface area (TPSA) is 42.4 Å². The van der Waals surface area contributed by atoms with E-state index >= 15 is 0 Å². The van der Waals surface area contributed by atoms with E-state index in [1.165, 1.54) is 7.11 Å². The van der Waals surface area contributed by atoms with Gasteiger partial charge in [0.05, 0.1) is 12.5 Å². The zero-order chi connectivity index (χ0) is 12.0. The summed E-state index contributed by atoms with van der Waals surface area (Å²) in [6, 6.07) is 5.83. The van der Waals surface area contributed by atoms with Crippen LogP contribution in [0.25, 0.3) is 0 Å². The number of carbonyl (C=O) groups is 1. The highest BCUT2D eigenvalue weighted by molar-refractivity contribution is 9.10. The Balaban J connectivity index is 1.80. The van der Waals surface area contributed by atoms with Crippen molar-refractivity contribution in [1.29, 1.82) is 0 Å². The molecule has 90 valence electrons. The van der Waals surface area contributed by atoms with Gasteiger partial charge in [-0.25, -0.2) is 4.98 Å². The minimum Gasteiger partial charge on any atom is -0.469 e. The summed E-state index contributed by atoms with van der Waals surface area (Å²) in [5, 5.41) is 0. The van der Waals surface area contributed by atoms with Gasteiger partial charge >= 0.3 is 5.97 Å². The molecule has 0 aromatic carbocycles. The Labute approximate surface area is 108 Å². The molecule has 17 heavy (non-hydrogen) atoms. The van der Waals surface area contributed by atoms with E-state index in [2.05, 4.69) is 25.8 Å². The number of anilines is 1. The minimum absolute atomic E-state index is 0.0694. The lowest BCUT2D eigenvalue weighted by atomic mass is 10.1. The molecule has 2 atom stereocenters. The fourth-order valence-electron chi connectivity index (χ4n) is 2.75. The van der Waals surface area contributed by atoms with Crippen molar-refractivity contribution in [3.05, 3.63) is 22.8 Å². The molecule has 0 N–H and O–H groups in total. The van der Waals surface area contributed by atoms with Gasteiger partial charge in [0.25, 0.3) is 0 Å². The summed E-state index contributed by atoms with van der Waals surface area (Å²) in [6.45, 7) is 1.63. The maximum absolute atomic E-state index is 11.7. The number of hydrogen-bond donors (Lipinski definition) is 0. The van der Waals surface area contributed by atoms with Crippen LogP contribution in [0.2, 0.25) is 0 Å². The molecule has 1 aliphatic carbocycles. The third-order valence-electron chi connectivity index (χ3n) is 3.76. The van der Waals surface area contributed by atoms with E-state index in [9.17, 15) is 4.79 Å². The van der Waals surface area contributed by atoms with Gasteiger partial charge in [-0.3, -0.25) is 4.79 Å². The minimum atomic E-state index is -0.251. The average molecular weight is 297 g/mol. The van der Waals surface area contributed by atoms with Crippen molar-refractivity contribution in [3.63, 3.8) is 0 Å². The number of halogens is 1. The van der Waals surface area contributed by atoms with Crippen LogP contribution in [0.4, 0.5) is 5.82 Å². The van der Waals surface area contributed by atoms with Crippen LogP contribution in [-0.2, 0) is 9.53 Å². The molecule has 2 fully saturated rings. The molecule has 3 rings (SSSR count). The third kappa shape index (κ3) is 1.64. The highest BCUT2D eigenvalue weighted by atomic mass is 79.9. The number of methoxy groups -OCH3 is 1. The van der Waals surface area contributed by atoms with Gasteiger partial charge in [-0.15, -0.1) is 0 Å². The molecule has 0 bridgehead atoms. The first-order chi connectivity index (χ1) is 8.15. The van der Waals surface area contributed by atoms with Crippen molar-refractivity contribution < 1.29 is 9.53 Å². The van der Waals surface area contributed by atoms with Crippen LogP contribution in [0.5, 0.6) is 0 Å². The Morgan fingerprint density at radius 3 is 3.18 bits per heavy atom. The highest BCUT2D eigenvalue weighted by Crippen LogP contribution is 2.58. The molecule has 1 aliphatic heterocycles. The molecule has 2 heterocycles. The lowest BCUT2D eigenvalue weighted by molar-refractivity contribution is -0.146. The predicted molar refractivity (Wildman–Crippen MR) is 66.7 cm³/mol.